The Bertz CT molecular complexity index is 803. The highest BCUT2D eigenvalue weighted by atomic mass is 14.9. The van der Waals surface area contributed by atoms with Gasteiger partial charge in [0.15, 0.2) is 0 Å². The second-order valence-corrected chi connectivity index (χ2v) is 8.40. The topological polar surface area (TPSA) is 73.5 Å². The van der Waals surface area contributed by atoms with Crippen LogP contribution in [0.4, 0.5) is 0 Å². The molecule has 0 fully saturated rings. The molecule has 4 bridgehead atoms. The van der Waals surface area contributed by atoms with Crippen LogP contribution < -0.4 is 10.6 Å². The molecule has 6 heteroatoms. The minimum atomic E-state index is 0.829. The molecule has 3 rings (SSSR count). The number of nitrogens with zero attached hydrogens (tertiary/aromatic N) is 4. The van der Waals surface area contributed by atoms with Crippen molar-refractivity contribution in [2.24, 2.45) is 20.0 Å². The summed E-state index contributed by atoms with van der Waals surface area (Å²) in [7, 11) is 0. The van der Waals surface area contributed by atoms with Crippen LogP contribution in [0.25, 0.3) is 0 Å². The van der Waals surface area contributed by atoms with Crippen molar-refractivity contribution in [1.82, 2.24) is 10.6 Å². The summed E-state index contributed by atoms with van der Waals surface area (Å²) in [4.78, 5) is 18.3. The van der Waals surface area contributed by atoms with E-state index in [0.29, 0.717) is 0 Å². The molecular formula is C28H38N6. The first kappa shape index (κ1) is 25.7. The van der Waals surface area contributed by atoms with Gasteiger partial charge in [0.05, 0.1) is 0 Å². The van der Waals surface area contributed by atoms with Gasteiger partial charge in [-0.1, -0.05) is 36.4 Å². The van der Waals surface area contributed by atoms with E-state index >= 15 is 0 Å². The summed E-state index contributed by atoms with van der Waals surface area (Å²) in [5, 5.41) is 6.96. The number of hydrogen-bond donors (Lipinski definition) is 2. The van der Waals surface area contributed by atoms with E-state index in [1.807, 2.05) is 24.9 Å². The highest BCUT2D eigenvalue weighted by molar-refractivity contribution is 5.86. The SMILES string of the molecule is C1=NCCCNCCCN=Cc2cccc(c2)C=NCCCNCCCN=Cc2cccc1c2. The molecule has 1 aliphatic rings. The molecule has 2 N–H and O–H groups in total. The van der Waals surface area contributed by atoms with Crippen molar-refractivity contribution in [2.45, 2.75) is 25.7 Å². The van der Waals surface area contributed by atoms with Gasteiger partial charge in [-0.15, -0.1) is 0 Å². The lowest BCUT2D eigenvalue weighted by molar-refractivity contribution is 0.633. The van der Waals surface area contributed by atoms with Crippen molar-refractivity contribution in [2.75, 3.05) is 52.4 Å². The predicted octanol–water partition coefficient (Wildman–Crippen LogP) is 3.82. The average molecular weight is 459 g/mol. The maximum atomic E-state index is 4.57. The van der Waals surface area contributed by atoms with Gasteiger partial charge in [-0.3, -0.25) is 20.0 Å². The smallest absolute Gasteiger partial charge is 0.0401 e. The first-order valence-electron chi connectivity index (χ1n) is 12.5. The summed E-state index contributed by atoms with van der Waals surface area (Å²) in [5.74, 6) is 0. The summed E-state index contributed by atoms with van der Waals surface area (Å²) in [6.45, 7) is 7.22. The van der Waals surface area contributed by atoms with Gasteiger partial charge >= 0.3 is 0 Å². The zero-order valence-electron chi connectivity index (χ0n) is 20.2. The Morgan fingerprint density at radius 3 is 1.03 bits per heavy atom. The Hall–Kier alpha value is -2.96. The Morgan fingerprint density at radius 1 is 0.441 bits per heavy atom. The Kier molecular flexibility index (Phi) is 12.5. The van der Waals surface area contributed by atoms with E-state index < -0.39 is 0 Å². The maximum absolute atomic E-state index is 4.57. The molecule has 180 valence electrons. The van der Waals surface area contributed by atoms with E-state index in [9.17, 15) is 0 Å². The third-order valence-electron chi connectivity index (χ3n) is 5.35. The van der Waals surface area contributed by atoms with Crippen molar-refractivity contribution in [1.29, 1.82) is 0 Å². The van der Waals surface area contributed by atoms with Crippen LogP contribution in [-0.4, -0.2) is 77.2 Å². The second kappa shape index (κ2) is 16.6. The van der Waals surface area contributed by atoms with Crippen molar-refractivity contribution in [3.05, 3.63) is 70.8 Å². The fraction of sp³-hybridized carbons (Fsp3) is 0.429. The standard InChI is InChI=1S/C28H38N6/c1-7-25-19-26(8-1)22-32-16-4-12-30-14-6-18-34-24-28-10-2-9-27(20-28)23-33-17-5-13-29-11-3-15-31-21-25/h1-2,7-10,19-24,29-30H,3-6,11-18H2. The number of rotatable bonds is 0. The van der Waals surface area contributed by atoms with Gasteiger partial charge in [0, 0.05) is 51.0 Å². The highest BCUT2D eigenvalue weighted by Crippen LogP contribution is 2.03. The van der Waals surface area contributed by atoms with Crippen molar-refractivity contribution >= 4 is 24.9 Å². The molecule has 0 aromatic heterocycles. The molecule has 0 spiro atoms. The molecule has 34 heavy (non-hydrogen) atoms. The van der Waals surface area contributed by atoms with Gasteiger partial charge in [0.1, 0.15) is 0 Å². The summed E-state index contributed by atoms with van der Waals surface area (Å²) in [6.07, 6.45) is 12.0. The van der Waals surface area contributed by atoms with Crippen LogP contribution in [0.2, 0.25) is 0 Å². The lowest BCUT2D eigenvalue weighted by Crippen LogP contribution is -2.18. The summed E-state index contributed by atoms with van der Waals surface area (Å²) < 4.78 is 0. The van der Waals surface area contributed by atoms with Crippen LogP contribution >= 0.6 is 0 Å². The van der Waals surface area contributed by atoms with E-state index in [1.165, 1.54) is 0 Å². The van der Waals surface area contributed by atoms with Crippen LogP contribution in [0.15, 0.2) is 68.5 Å². The lowest BCUT2D eigenvalue weighted by Gasteiger charge is -2.03. The van der Waals surface area contributed by atoms with Crippen LogP contribution in [0.1, 0.15) is 47.9 Å². The van der Waals surface area contributed by atoms with E-state index in [0.717, 1.165) is 100 Å². The quantitative estimate of drug-likeness (QED) is 0.630. The summed E-state index contributed by atoms with van der Waals surface area (Å²) in [5.41, 5.74) is 4.49. The average Bonchev–Trinajstić information content (AvgIpc) is 2.86. The van der Waals surface area contributed by atoms with Gasteiger partial charge in [-0.25, -0.2) is 0 Å². The first-order chi connectivity index (χ1) is 16.9. The fourth-order valence-electron chi connectivity index (χ4n) is 3.55. The molecule has 0 atom stereocenters. The lowest BCUT2D eigenvalue weighted by atomic mass is 10.1. The van der Waals surface area contributed by atoms with Crippen molar-refractivity contribution in [3.8, 4) is 0 Å². The summed E-state index contributed by atoms with van der Waals surface area (Å²) >= 11 is 0. The maximum Gasteiger partial charge on any atom is 0.0401 e. The second-order valence-electron chi connectivity index (χ2n) is 8.40. The van der Waals surface area contributed by atoms with Crippen LogP contribution in [-0.2, 0) is 0 Å². The molecule has 0 radical (unpaired) electrons. The van der Waals surface area contributed by atoms with Crippen LogP contribution in [0.3, 0.4) is 0 Å². The number of benzene rings is 2. The monoisotopic (exact) mass is 458 g/mol. The molecule has 1 heterocycles. The number of aliphatic imine (C=N–C) groups is 4. The van der Waals surface area contributed by atoms with Gasteiger partial charge in [-0.05, 0) is 86.2 Å². The number of nitrogens with one attached hydrogen (secondary N) is 2. The largest absolute Gasteiger partial charge is 0.317 e. The molecule has 6 nitrogen and oxygen atoms in total. The molecule has 0 saturated carbocycles. The molecule has 1 aliphatic heterocycles. The van der Waals surface area contributed by atoms with Crippen LogP contribution in [0, 0.1) is 0 Å². The summed E-state index contributed by atoms with van der Waals surface area (Å²) in [6, 6.07) is 16.7. The van der Waals surface area contributed by atoms with Gasteiger partial charge in [0.2, 0.25) is 0 Å². The Balaban J connectivity index is 1.49. The van der Waals surface area contributed by atoms with E-state index in [4.69, 9.17) is 0 Å². The van der Waals surface area contributed by atoms with Crippen molar-refractivity contribution < 1.29 is 0 Å². The van der Waals surface area contributed by atoms with E-state index in [2.05, 4.69) is 79.1 Å². The van der Waals surface area contributed by atoms with Crippen LogP contribution in [0.5, 0.6) is 0 Å². The van der Waals surface area contributed by atoms with Crippen molar-refractivity contribution in [3.63, 3.8) is 0 Å². The van der Waals surface area contributed by atoms with E-state index in [-0.39, 0.29) is 0 Å². The molecule has 2 aromatic carbocycles. The third kappa shape index (κ3) is 11.3. The molecule has 0 saturated heterocycles. The molecule has 2 aromatic rings. The third-order valence-corrected chi connectivity index (χ3v) is 5.35. The molecular weight excluding hydrogens is 420 g/mol. The Morgan fingerprint density at radius 2 is 0.735 bits per heavy atom. The first-order valence-corrected chi connectivity index (χ1v) is 12.5. The zero-order chi connectivity index (χ0) is 23.5. The zero-order valence-corrected chi connectivity index (χ0v) is 20.2. The molecule has 0 aliphatic carbocycles. The van der Waals surface area contributed by atoms with Gasteiger partial charge < -0.3 is 10.6 Å². The number of hydrogen-bond acceptors (Lipinski definition) is 6. The minimum Gasteiger partial charge on any atom is -0.317 e. The number of fused-ring (bicyclic) bond motifs is 4. The minimum absolute atomic E-state index is 0.829. The predicted molar refractivity (Wildman–Crippen MR) is 147 cm³/mol. The fourth-order valence-corrected chi connectivity index (χ4v) is 3.55. The van der Waals surface area contributed by atoms with Gasteiger partial charge in [-0.2, -0.15) is 0 Å². The molecule has 0 amide bonds. The van der Waals surface area contributed by atoms with E-state index in [1.54, 1.807) is 0 Å². The Labute approximate surface area is 204 Å². The van der Waals surface area contributed by atoms with Gasteiger partial charge in [0.25, 0.3) is 0 Å². The molecule has 0 unspecified atom stereocenters. The highest BCUT2D eigenvalue weighted by Gasteiger charge is 1.94. The normalized spacial score (nSPS) is 17.6.